The number of amides is 1. The molecule has 2 heterocycles. The zero-order chi connectivity index (χ0) is 24.4. The Morgan fingerprint density at radius 1 is 1.09 bits per heavy atom. The van der Waals surface area contributed by atoms with Gasteiger partial charge in [-0.15, -0.1) is 10.2 Å². The summed E-state index contributed by atoms with van der Waals surface area (Å²) in [5.74, 6) is 0.732. The second-order valence-corrected chi connectivity index (χ2v) is 8.45. The molecular formula is C25H18N6O3S. The molecule has 172 valence electrons. The summed E-state index contributed by atoms with van der Waals surface area (Å²) in [7, 11) is 1.56. The molecule has 1 N–H and O–H groups in total. The molecule has 3 aromatic carbocycles. The van der Waals surface area contributed by atoms with Gasteiger partial charge < -0.3 is 10.1 Å². The van der Waals surface area contributed by atoms with Crippen molar-refractivity contribution in [2.75, 3.05) is 18.2 Å². The number of carbonyl (C=O) groups is 1. The second kappa shape index (κ2) is 9.32. The molecular weight excluding hydrogens is 464 g/mol. The van der Waals surface area contributed by atoms with E-state index in [1.165, 1.54) is 16.3 Å². The number of benzene rings is 3. The molecule has 0 spiro atoms. The minimum Gasteiger partial charge on any atom is -0.497 e. The zero-order valence-corrected chi connectivity index (χ0v) is 19.3. The first-order chi connectivity index (χ1) is 17.1. The lowest BCUT2D eigenvalue weighted by Crippen LogP contribution is -2.22. The highest BCUT2D eigenvalue weighted by atomic mass is 32.2. The summed E-state index contributed by atoms with van der Waals surface area (Å²) >= 11 is 1.20. The van der Waals surface area contributed by atoms with Crippen molar-refractivity contribution in [1.29, 1.82) is 5.26 Å². The van der Waals surface area contributed by atoms with E-state index in [2.05, 4.69) is 15.5 Å². The lowest BCUT2D eigenvalue weighted by Gasteiger charge is -2.12. The number of hydrogen-bond donors (Lipinski definition) is 1. The second-order valence-electron chi connectivity index (χ2n) is 7.51. The molecule has 35 heavy (non-hydrogen) atoms. The van der Waals surface area contributed by atoms with Crippen molar-refractivity contribution < 1.29 is 9.53 Å². The van der Waals surface area contributed by atoms with Crippen molar-refractivity contribution >= 4 is 40.0 Å². The van der Waals surface area contributed by atoms with E-state index in [0.717, 1.165) is 0 Å². The van der Waals surface area contributed by atoms with Crippen molar-refractivity contribution in [2.24, 2.45) is 0 Å². The minimum atomic E-state index is -0.257. The number of methoxy groups -OCH3 is 1. The third-order valence-electron chi connectivity index (χ3n) is 5.31. The molecule has 0 bridgehead atoms. The molecule has 0 fully saturated rings. The molecule has 0 unspecified atom stereocenters. The van der Waals surface area contributed by atoms with Crippen LogP contribution in [0.1, 0.15) is 5.56 Å². The molecule has 0 aliphatic carbocycles. The van der Waals surface area contributed by atoms with Gasteiger partial charge in [-0.25, -0.2) is 4.57 Å². The van der Waals surface area contributed by atoms with Crippen LogP contribution >= 0.6 is 11.8 Å². The number of fused-ring (bicyclic) bond motifs is 3. The number of nitrogens with zero attached hydrogens (tertiary/aromatic N) is 5. The van der Waals surface area contributed by atoms with Gasteiger partial charge in [0.25, 0.3) is 5.56 Å². The molecule has 5 rings (SSSR count). The maximum absolute atomic E-state index is 13.4. The molecule has 1 amide bonds. The first kappa shape index (κ1) is 22.2. The van der Waals surface area contributed by atoms with Gasteiger partial charge in [0.1, 0.15) is 5.75 Å². The van der Waals surface area contributed by atoms with Gasteiger partial charge in [-0.3, -0.25) is 14.0 Å². The van der Waals surface area contributed by atoms with Crippen molar-refractivity contribution in [1.82, 2.24) is 19.2 Å². The number of carbonyl (C=O) groups excluding carboxylic acids is 1. The Balaban J connectivity index is 1.54. The van der Waals surface area contributed by atoms with E-state index >= 15 is 0 Å². The summed E-state index contributed by atoms with van der Waals surface area (Å²) in [6.07, 6.45) is 0. The number of nitriles is 1. The fourth-order valence-electron chi connectivity index (χ4n) is 3.75. The Morgan fingerprint density at radius 2 is 1.91 bits per heavy atom. The van der Waals surface area contributed by atoms with Gasteiger partial charge in [-0.1, -0.05) is 36.0 Å². The van der Waals surface area contributed by atoms with Crippen LogP contribution in [0.3, 0.4) is 0 Å². The summed E-state index contributed by atoms with van der Waals surface area (Å²) in [5, 5.41) is 21.4. The quantitative estimate of drug-likeness (QED) is 0.368. The van der Waals surface area contributed by atoms with Crippen LogP contribution in [0.15, 0.2) is 82.7 Å². The van der Waals surface area contributed by atoms with E-state index in [1.807, 2.05) is 18.2 Å². The average molecular weight is 483 g/mol. The van der Waals surface area contributed by atoms with Crippen molar-refractivity contribution in [3.8, 4) is 17.5 Å². The first-order valence-corrected chi connectivity index (χ1v) is 11.5. The lowest BCUT2D eigenvalue weighted by molar-refractivity contribution is -0.113. The fraction of sp³-hybridized carbons (Fsp3) is 0.0800. The first-order valence-electron chi connectivity index (χ1n) is 10.5. The average Bonchev–Trinajstić information content (AvgIpc) is 3.31. The maximum Gasteiger partial charge on any atom is 0.267 e. The molecule has 0 radical (unpaired) electrons. The topological polar surface area (TPSA) is 114 Å². The monoisotopic (exact) mass is 482 g/mol. The minimum absolute atomic E-state index is 0.0597. The van der Waals surface area contributed by atoms with Gasteiger partial charge in [0.2, 0.25) is 11.7 Å². The number of aromatic nitrogens is 4. The number of thioether (sulfide) groups is 1. The van der Waals surface area contributed by atoms with Crippen molar-refractivity contribution in [2.45, 2.75) is 5.16 Å². The number of hydrogen-bond acceptors (Lipinski definition) is 7. The maximum atomic E-state index is 13.4. The molecule has 5 aromatic rings. The van der Waals surface area contributed by atoms with Crippen LogP contribution in [-0.2, 0) is 4.79 Å². The molecule has 9 nitrogen and oxygen atoms in total. The van der Waals surface area contributed by atoms with E-state index in [4.69, 9.17) is 10.00 Å². The van der Waals surface area contributed by atoms with Crippen molar-refractivity contribution in [3.05, 3.63) is 88.7 Å². The number of anilines is 1. The van der Waals surface area contributed by atoms with Crippen LogP contribution in [0.25, 0.3) is 22.4 Å². The van der Waals surface area contributed by atoms with Crippen molar-refractivity contribution in [3.63, 3.8) is 0 Å². The van der Waals surface area contributed by atoms with E-state index < -0.39 is 0 Å². The van der Waals surface area contributed by atoms with Gasteiger partial charge in [0, 0.05) is 11.8 Å². The summed E-state index contributed by atoms with van der Waals surface area (Å²) in [4.78, 5) is 26.0. The third kappa shape index (κ3) is 4.20. The largest absolute Gasteiger partial charge is 0.497 e. The summed E-state index contributed by atoms with van der Waals surface area (Å²) in [5.41, 5.74) is 1.99. The third-order valence-corrected chi connectivity index (χ3v) is 6.24. The van der Waals surface area contributed by atoms with Gasteiger partial charge in [0.05, 0.1) is 41.1 Å². The molecule has 2 aromatic heterocycles. The molecule has 0 aliphatic rings. The van der Waals surface area contributed by atoms with Crippen LogP contribution in [-0.4, -0.2) is 37.9 Å². The van der Waals surface area contributed by atoms with Crippen LogP contribution < -0.4 is 15.6 Å². The molecule has 0 atom stereocenters. The Bertz CT molecular complexity index is 1680. The van der Waals surface area contributed by atoms with Crippen LogP contribution in [0.4, 0.5) is 5.69 Å². The summed E-state index contributed by atoms with van der Waals surface area (Å²) in [6, 6.07) is 23.1. The molecule has 0 saturated carbocycles. The predicted octanol–water partition coefficient (Wildman–Crippen LogP) is 3.64. The highest BCUT2D eigenvalue weighted by molar-refractivity contribution is 7.99. The number of nitrogens with one attached hydrogen (secondary N) is 1. The molecule has 0 saturated heterocycles. The number of para-hydroxylation sites is 1. The summed E-state index contributed by atoms with van der Waals surface area (Å²) < 4.78 is 8.57. The van der Waals surface area contributed by atoms with Gasteiger partial charge >= 0.3 is 0 Å². The van der Waals surface area contributed by atoms with Gasteiger partial charge in [-0.2, -0.15) is 5.26 Å². The molecule has 0 aliphatic heterocycles. The predicted molar refractivity (Wildman–Crippen MR) is 133 cm³/mol. The lowest BCUT2D eigenvalue weighted by atomic mass is 10.2. The highest BCUT2D eigenvalue weighted by Gasteiger charge is 2.19. The Morgan fingerprint density at radius 3 is 2.74 bits per heavy atom. The summed E-state index contributed by atoms with van der Waals surface area (Å²) in [6.45, 7) is 0. The Hall–Kier alpha value is -4.62. The van der Waals surface area contributed by atoms with Crippen LogP contribution in [0.2, 0.25) is 0 Å². The van der Waals surface area contributed by atoms with E-state index in [1.54, 1.807) is 72.2 Å². The van der Waals surface area contributed by atoms with E-state index in [-0.39, 0.29) is 17.2 Å². The Labute approximate surface area is 203 Å². The Kier molecular flexibility index (Phi) is 5.91. The van der Waals surface area contributed by atoms with E-state index in [0.29, 0.717) is 44.5 Å². The standard InChI is InChI=1S/C25H18N6O3S/c1-34-19-9-5-8-18(13-19)30-23(33)20-10-2-3-11-21(20)31-24(30)28-29-25(31)35-15-22(32)27-17-7-4-6-16(12-17)14-26/h2-13H,15H2,1H3,(H,27,32). The van der Waals surface area contributed by atoms with Gasteiger partial charge in [0.15, 0.2) is 5.16 Å². The van der Waals surface area contributed by atoms with E-state index in [9.17, 15) is 9.59 Å². The fourth-order valence-corrected chi connectivity index (χ4v) is 4.49. The number of ether oxygens (including phenoxy) is 1. The molecule has 10 heteroatoms. The highest BCUT2D eigenvalue weighted by Crippen LogP contribution is 2.24. The van der Waals surface area contributed by atoms with Gasteiger partial charge in [-0.05, 0) is 42.5 Å². The number of rotatable bonds is 6. The van der Waals surface area contributed by atoms with Crippen LogP contribution in [0.5, 0.6) is 5.75 Å². The smallest absolute Gasteiger partial charge is 0.267 e. The zero-order valence-electron chi connectivity index (χ0n) is 18.5. The normalized spacial score (nSPS) is 10.9. The van der Waals surface area contributed by atoms with Crippen LogP contribution in [0, 0.1) is 11.3 Å². The SMILES string of the molecule is COc1cccc(-n2c(=O)c3ccccc3n3c(SCC(=O)Nc4cccc(C#N)c4)nnc23)c1.